The first-order valence-corrected chi connectivity index (χ1v) is 4.33. The molecule has 0 radical (unpaired) electrons. The van der Waals surface area contributed by atoms with Crippen molar-refractivity contribution >= 4 is 0 Å². The molecule has 1 atom stereocenters. The van der Waals surface area contributed by atoms with Crippen molar-refractivity contribution in [2.45, 2.75) is 44.6 Å². The van der Waals surface area contributed by atoms with Crippen molar-refractivity contribution in [3.63, 3.8) is 0 Å². The van der Waals surface area contributed by atoms with E-state index in [2.05, 4.69) is 6.58 Å². The van der Waals surface area contributed by atoms with E-state index in [-0.39, 0.29) is 0 Å². The summed E-state index contributed by atoms with van der Waals surface area (Å²) in [6, 6.07) is -0.936. The number of unbranched alkanes of at least 4 members (excludes halogenated alkanes) is 3. The monoisotopic (exact) mass is 177 g/mol. The largest absolute Gasteiger partial charge is 0.323 e. The van der Waals surface area contributed by atoms with E-state index in [1.807, 2.05) is 6.08 Å². The zero-order valence-electron chi connectivity index (χ0n) is 7.31. The maximum atomic E-state index is 11.9. The van der Waals surface area contributed by atoms with Crippen molar-refractivity contribution in [3.05, 3.63) is 12.7 Å². The number of allylic oxidation sites excluding steroid dienone is 1. The second kappa shape index (κ2) is 7.22. The van der Waals surface area contributed by atoms with Crippen molar-refractivity contribution in [2.75, 3.05) is 0 Å². The summed E-state index contributed by atoms with van der Waals surface area (Å²) in [7, 11) is 0. The van der Waals surface area contributed by atoms with Crippen LogP contribution in [-0.2, 0) is 0 Å². The van der Waals surface area contributed by atoms with Gasteiger partial charge in [-0.15, -0.1) is 6.58 Å². The van der Waals surface area contributed by atoms with Crippen molar-refractivity contribution < 1.29 is 8.78 Å². The number of halogens is 2. The van der Waals surface area contributed by atoms with Gasteiger partial charge >= 0.3 is 0 Å². The molecule has 0 aromatic rings. The number of rotatable bonds is 7. The van der Waals surface area contributed by atoms with E-state index in [0.717, 1.165) is 25.7 Å². The van der Waals surface area contributed by atoms with Gasteiger partial charge in [-0.2, -0.15) is 0 Å². The molecule has 0 aromatic carbocycles. The normalized spacial score (nSPS) is 13.3. The zero-order valence-corrected chi connectivity index (χ0v) is 7.31. The highest BCUT2D eigenvalue weighted by molar-refractivity contribution is 4.67. The van der Waals surface area contributed by atoms with Gasteiger partial charge in [0, 0.05) is 0 Å². The van der Waals surface area contributed by atoms with Gasteiger partial charge in [0.05, 0.1) is 6.04 Å². The van der Waals surface area contributed by atoms with Gasteiger partial charge in [-0.05, 0) is 19.3 Å². The molecule has 12 heavy (non-hydrogen) atoms. The first-order valence-electron chi connectivity index (χ1n) is 4.33. The lowest BCUT2D eigenvalue weighted by molar-refractivity contribution is 0.111. The lowest BCUT2D eigenvalue weighted by atomic mass is 10.1. The summed E-state index contributed by atoms with van der Waals surface area (Å²) in [5.41, 5.74) is 5.16. The summed E-state index contributed by atoms with van der Waals surface area (Å²) in [5, 5.41) is 0. The van der Waals surface area contributed by atoms with Crippen LogP contribution in [0, 0.1) is 0 Å². The van der Waals surface area contributed by atoms with Gasteiger partial charge in [0.1, 0.15) is 0 Å². The van der Waals surface area contributed by atoms with Crippen LogP contribution in [-0.4, -0.2) is 12.5 Å². The van der Waals surface area contributed by atoms with Crippen molar-refractivity contribution in [2.24, 2.45) is 5.73 Å². The van der Waals surface area contributed by atoms with Gasteiger partial charge in [0.25, 0.3) is 6.43 Å². The lowest BCUT2D eigenvalue weighted by Crippen LogP contribution is -2.28. The first-order chi connectivity index (χ1) is 5.68. The Morgan fingerprint density at radius 2 is 1.92 bits per heavy atom. The molecular weight excluding hydrogens is 160 g/mol. The summed E-state index contributed by atoms with van der Waals surface area (Å²) in [6.45, 7) is 3.58. The van der Waals surface area contributed by atoms with Crippen molar-refractivity contribution in [1.82, 2.24) is 0 Å². The average molecular weight is 177 g/mol. The molecule has 0 heterocycles. The third-order valence-electron chi connectivity index (χ3n) is 1.77. The molecule has 0 aromatic heterocycles. The molecule has 0 saturated carbocycles. The first kappa shape index (κ1) is 11.6. The van der Waals surface area contributed by atoms with Gasteiger partial charge in [-0.1, -0.05) is 18.9 Å². The number of alkyl halides is 2. The van der Waals surface area contributed by atoms with Crippen molar-refractivity contribution in [3.8, 4) is 0 Å². The van der Waals surface area contributed by atoms with E-state index >= 15 is 0 Å². The van der Waals surface area contributed by atoms with Crippen molar-refractivity contribution in [1.29, 1.82) is 0 Å². The number of hydrogen-bond acceptors (Lipinski definition) is 1. The molecule has 0 amide bonds. The third kappa shape index (κ3) is 6.28. The highest BCUT2D eigenvalue weighted by atomic mass is 19.3. The van der Waals surface area contributed by atoms with Gasteiger partial charge in [0.2, 0.25) is 0 Å². The Kier molecular flexibility index (Phi) is 6.96. The molecule has 0 aliphatic heterocycles. The number of nitrogens with two attached hydrogens (primary N) is 1. The Bertz CT molecular complexity index is 115. The van der Waals surface area contributed by atoms with E-state index in [4.69, 9.17) is 5.73 Å². The predicted octanol–water partition coefficient (Wildman–Crippen LogP) is 2.72. The van der Waals surface area contributed by atoms with E-state index < -0.39 is 12.5 Å². The Morgan fingerprint density at radius 1 is 1.25 bits per heavy atom. The van der Waals surface area contributed by atoms with Crippen LogP contribution >= 0.6 is 0 Å². The van der Waals surface area contributed by atoms with E-state index in [9.17, 15) is 8.78 Å². The van der Waals surface area contributed by atoms with Gasteiger partial charge in [-0.25, -0.2) is 8.78 Å². The molecule has 1 unspecified atom stereocenters. The molecule has 0 bridgehead atoms. The summed E-state index contributed by atoms with van der Waals surface area (Å²) >= 11 is 0. The van der Waals surface area contributed by atoms with Crippen LogP contribution in [0.5, 0.6) is 0 Å². The Balaban J connectivity index is 3.13. The minimum absolute atomic E-state index is 0.425. The van der Waals surface area contributed by atoms with Crippen LogP contribution in [0.2, 0.25) is 0 Å². The summed E-state index contributed by atoms with van der Waals surface area (Å²) < 4.78 is 23.7. The molecule has 1 nitrogen and oxygen atoms in total. The van der Waals surface area contributed by atoms with E-state index in [1.54, 1.807) is 0 Å². The predicted molar refractivity (Wildman–Crippen MR) is 47.3 cm³/mol. The molecule has 0 saturated heterocycles. The Labute approximate surface area is 72.6 Å². The van der Waals surface area contributed by atoms with Crippen LogP contribution in [0.3, 0.4) is 0 Å². The average Bonchev–Trinajstić information content (AvgIpc) is 2.03. The summed E-state index contributed by atoms with van der Waals surface area (Å²) in [5.74, 6) is 0. The summed E-state index contributed by atoms with van der Waals surface area (Å²) in [6.07, 6.45) is 3.64. The third-order valence-corrected chi connectivity index (χ3v) is 1.77. The highest BCUT2D eigenvalue weighted by Gasteiger charge is 2.13. The molecule has 72 valence electrons. The molecule has 0 aliphatic rings. The van der Waals surface area contributed by atoms with E-state index in [0.29, 0.717) is 6.42 Å². The van der Waals surface area contributed by atoms with Gasteiger partial charge in [0.15, 0.2) is 0 Å². The minimum Gasteiger partial charge on any atom is -0.323 e. The fourth-order valence-corrected chi connectivity index (χ4v) is 0.971. The molecular formula is C9H17F2N. The van der Waals surface area contributed by atoms with Crippen LogP contribution in [0.15, 0.2) is 12.7 Å². The fraction of sp³-hybridized carbons (Fsp3) is 0.778. The van der Waals surface area contributed by atoms with Gasteiger partial charge in [-0.3, -0.25) is 0 Å². The fourth-order valence-electron chi connectivity index (χ4n) is 0.971. The van der Waals surface area contributed by atoms with Crippen LogP contribution < -0.4 is 5.73 Å². The second-order valence-electron chi connectivity index (χ2n) is 2.92. The highest BCUT2D eigenvalue weighted by Crippen LogP contribution is 2.09. The Hall–Kier alpha value is -0.440. The topological polar surface area (TPSA) is 26.0 Å². The lowest BCUT2D eigenvalue weighted by Gasteiger charge is -2.08. The van der Waals surface area contributed by atoms with Crippen LogP contribution in [0.1, 0.15) is 32.1 Å². The minimum atomic E-state index is -2.37. The molecule has 0 aliphatic carbocycles. The zero-order chi connectivity index (χ0) is 9.40. The molecule has 0 rings (SSSR count). The maximum Gasteiger partial charge on any atom is 0.253 e. The maximum absolute atomic E-state index is 11.9. The second-order valence-corrected chi connectivity index (χ2v) is 2.92. The van der Waals surface area contributed by atoms with Crippen LogP contribution in [0.4, 0.5) is 8.78 Å². The molecule has 0 spiro atoms. The van der Waals surface area contributed by atoms with E-state index in [1.165, 1.54) is 0 Å². The quantitative estimate of drug-likeness (QED) is 0.469. The molecule has 3 heteroatoms. The smallest absolute Gasteiger partial charge is 0.253 e. The van der Waals surface area contributed by atoms with Gasteiger partial charge < -0.3 is 5.73 Å². The Morgan fingerprint density at radius 3 is 2.42 bits per heavy atom. The molecule has 0 fully saturated rings. The molecule has 2 N–H and O–H groups in total. The number of hydrogen-bond donors (Lipinski definition) is 1. The summed E-state index contributed by atoms with van der Waals surface area (Å²) in [4.78, 5) is 0. The SMILES string of the molecule is C=CCCCCCC(N)C(F)F. The standard InChI is InChI=1S/C9H17F2N/c1-2-3-4-5-6-7-8(12)9(10)11/h2,8-9H,1,3-7,12H2. The van der Waals surface area contributed by atoms with Crippen LogP contribution in [0.25, 0.3) is 0 Å².